The molecule has 0 saturated carbocycles. The van der Waals surface area contributed by atoms with Crippen LogP contribution in [0.5, 0.6) is 0 Å². The number of hydrogen-bond acceptors (Lipinski definition) is 3. The molecule has 1 atom stereocenters. The number of nitrogens with one attached hydrogen (secondary N) is 1. The molecule has 1 heterocycles. The lowest BCUT2D eigenvalue weighted by molar-refractivity contribution is 0.337. The van der Waals surface area contributed by atoms with Crippen LogP contribution >= 0.6 is 15.9 Å². The normalized spacial score (nSPS) is 21.0. The van der Waals surface area contributed by atoms with Crippen LogP contribution in [0.2, 0.25) is 0 Å². The van der Waals surface area contributed by atoms with Gasteiger partial charge in [-0.15, -0.1) is 0 Å². The Kier molecular flexibility index (Phi) is 5.87. The van der Waals surface area contributed by atoms with Crippen molar-refractivity contribution in [3.05, 3.63) is 28.2 Å². The minimum Gasteiger partial charge on any atom is -0.367 e. The van der Waals surface area contributed by atoms with E-state index in [4.69, 9.17) is 0 Å². The highest BCUT2D eigenvalue weighted by molar-refractivity contribution is 9.10. The average Bonchev–Trinajstić information content (AvgIpc) is 2.57. The lowest BCUT2D eigenvalue weighted by atomic mass is 10.1. The zero-order valence-corrected chi connectivity index (χ0v) is 14.4. The average molecular weight is 340 g/mol. The molecule has 0 spiro atoms. The smallest absolute Gasteiger partial charge is 0.0513 e. The quantitative estimate of drug-likeness (QED) is 0.909. The molecule has 3 nitrogen and oxygen atoms in total. The zero-order valence-electron chi connectivity index (χ0n) is 12.8. The van der Waals surface area contributed by atoms with Crippen molar-refractivity contribution in [1.29, 1.82) is 0 Å². The van der Waals surface area contributed by atoms with Gasteiger partial charge in [-0.3, -0.25) is 0 Å². The van der Waals surface area contributed by atoms with E-state index in [0.29, 0.717) is 6.04 Å². The number of benzene rings is 1. The lowest BCUT2D eigenvalue weighted by Gasteiger charge is -2.31. The van der Waals surface area contributed by atoms with Crippen LogP contribution in [-0.2, 0) is 6.54 Å². The van der Waals surface area contributed by atoms with Crippen molar-refractivity contribution in [1.82, 2.24) is 10.2 Å². The van der Waals surface area contributed by atoms with E-state index in [-0.39, 0.29) is 0 Å². The summed E-state index contributed by atoms with van der Waals surface area (Å²) in [6.45, 7) is 9.86. The third kappa shape index (κ3) is 3.96. The Morgan fingerprint density at radius 2 is 2.15 bits per heavy atom. The van der Waals surface area contributed by atoms with Crippen LogP contribution in [0.15, 0.2) is 22.7 Å². The first kappa shape index (κ1) is 15.8. The Bertz CT molecular complexity index is 436. The van der Waals surface area contributed by atoms with E-state index in [9.17, 15) is 0 Å². The van der Waals surface area contributed by atoms with Crippen LogP contribution in [0, 0.1) is 0 Å². The van der Waals surface area contributed by atoms with Crippen LogP contribution in [0.4, 0.5) is 5.69 Å². The highest BCUT2D eigenvalue weighted by Gasteiger charge is 2.21. The van der Waals surface area contributed by atoms with E-state index in [2.05, 4.69) is 70.1 Å². The molecule has 1 N–H and O–H groups in total. The molecule has 4 heteroatoms. The van der Waals surface area contributed by atoms with Gasteiger partial charge < -0.3 is 15.1 Å². The summed E-state index contributed by atoms with van der Waals surface area (Å²) in [6, 6.07) is 7.31. The lowest BCUT2D eigenvalue weighted by Crippen LogP contribution is -2.38. The van der Waals surface area contributed by atoms with Crippen LogP contribution in [0.1, 0.15) is 25.8 Å². The molecular formula is C16H26BrN3. The van der Waals surface area contributed by atoms with Gasteiger partial charge in [-0.1, -0.05) is 13.0 Å². The minimum absolute atomic E-state index is 0.554. The van der Waals surface area contributed by atoms with E-state index in [1.165, 1.54) is 28.7 Å². The highest BCUT2D eigenvalue weighted by Crippen LogP contribution is 2.30. The highest BCUT2D eigenvalue weighted by atomic mass is 79.9. The van der Waals surface area contributed by atoms with Crippen LogP contribution in [0.25, 0.3) is 0 Å². The third-order valence-electron chi connectivity index (χ3n) is 3.95. The molecule has 1 fully saturated rings. The van der Waals surface area contributed by atoms with Gasteiger partial charge in [-0.25, -0.2) is 0 Å². The van der Waals surface area contributed by atoms with E-state index in [1.807, 2.05) is 0 Å². The maximum Gasteiger partial charge on any atom is 0.0513 e. The number of nitrogens with zero attached hydrogens (tertiary/aromatic N) is 2. The van der Waals surface area contributed by atoms with Crippen LogP contribution < -0.4 is 10.2 Å². The molecule has 1 unspecified atom stereocenters. The van der Waals surface area contributed by atoms with Crippen LogP contribution in [-0.4, -0.2) is 44.2 Å². The monoisotopic (exact) mass is 339 g/mol. The standard InChI is InChI=1S/C16H26BrN3/c1-4-18-11-14-6-7-16(15(17)10-14)20-9-5-8-19(3)12-13(20)2/h6-7,10,13,18H,4-5,8-9,11-12H2,1-3H3. The number of likely N-dealkylation sites (N-methyl/N-ethyl adjacent to an activating group) is 1. The third-order valence-corrected chi connectivity index (χ3v) is 4.58. The topological polar surface area (TPSA) is 18.5 Å². The summed E-state index contributed by atoms with van der Waals surface area (Å²) in [7, 11) is 2.22. The molecule has 1 aliphatic heterocycles. The molecule has 2 rings (SSSR count). The predicted molar refractivity (Wildman–Crippen MR) is 90.4 cm³/mol. The van der Waals surface area contributed by atoms with E-state index in [0.717, 1.165) is 26.2 Å². The molecule has 1 aromatic rings. The Labute approximate surface area is 131 Å². The molecular weight excluding hydrogens is 314 g/mol. The Hall–Kier alpha value is -0.580. The van der Waals surface area contributed by atoms with Crippen molar-refractivity contribution in [2.45, 2.75) is 32.9 Å². The number of rotatable bonds is 4. The molecule has 1 aromatic carbocycles. The fourth-order valence-corrected chi connectivity index (χ4v) is 3.55. The summed E-state index contributed by atoms with van der Waals surface area (Å²) in [5, 5.41) is 3.37. The number of halogens is 1. The van der Waals surface area contributed by atoms with Gasteiger partial charge in [0.25, 0.3) is 0 Å². The fourth-order valence-electron chi connectivity index (χ4n) is 2.89. The van der Waals surface area contributed by atoms with Crippen molar-refractivity contribution < 1.29 is 0 Å². The first-order valence-electron chi connectivity index (χ1n) is 7.56. The van der Waals surface area contributed by atoms with Gasteiger partial charge in [-0.05, 0) is 67.1 Å². The Morgan fingerprint density at radius 1 is 1.35 bits per heavy atom. The van der Waals surface area contributed by atoms with Crippen LogP contribution in [0.3, 0.4) is 0 Å². The SMILES string of the molecule is CCNCc1ccc(N2CCCN(C)CC2C)c(Br)c1. The molecule has 0 aromatic heterocycles. The van der Waals surface area contributed by atoms with Gasteiger partial charge in [0, 0.05) is 30.1 Å². The summed E-state index contributed by atoms with van der Waals surface area (Å²) in [5.74, 6) is 0. The zero-order chi connectivity index (χ0) is 14.5. The summed E-state index contributed by atoms with van der Waals surface area (Å²) in [5.41, 5.74) is 2.66. The van der Waals surface area contributed by atoms with Crippen molar-refractivity contribution in [2.24, 2.45) is 0 Å². The van der Waals surface area contributed by atoms with Gasteiger partial charge in [0.1, 0.15) is 0 Å². The molecule has 112 valence electrons. The van der Waals surface area contributed by atoms with Gasteiger partial charge in [0.15, 0.2) is 0 Å². The van der Waals surface area contributed by atoms with Crippen molar-refractivity contribution in [3.63, 3.8) is 0 Å². The van der Waals surface area contributed by atoms with Gasteiger partial charge in [0.2, 0.25) is 0 Å². The summed E-state index contributed by atoms with van der Waals surface area (Å²) < 4.78 is 1.21. The number of anilines is 1. The number of hydrogen-bond donors (Lipinski definition) is 1. The molecule has 0 bridgehead atoms. The largest absolute Gasteiger partial charge is 0.367 e. The first-order valence-corrected chi connectivity index (χ1v) is 8.35. The van der Waals surface area contributed by atoms with E-state index < -0.39 is 0 Å². The summed E-state index contributed by atoms with van der Waals surface area (Å²) >= 11 is 3.76. The fraction of sp³-hybridized carbons (Fsp3) is 0.625. The predicted octanol–water partition coefficient (Wildman–Crippen LogP) is 3.09. The second kappa shape index (κ2) is 7.43. The molecule has 0 radical (unpaired) electrons. The van der Waals surface area contributed by atoms with Gasteiger partial charge in [-0.2, -0.15) is 0 Å². The molecule has 0 aliphatic carbocycles. The Morgan fingerprint density at radius 3 is 2.85 bits per heavy atom. The van der Waals surface area contributed by atoms with Crippen molar-refractivity contribution in [3.8, 4) is 0 Å². The van der Waals surface area contributed by atoms with E-state index in [1.54, 1.807) is 0 Å². The first-order chi connectivity index (χ1) is 9.61. The summed E-state index contributed by atoms with van der Waals surface area (Å²) in [4.78, 5) is 4.96. The molecule has 0 amide bonds. The maximum atomic E-state index is 3.76. The summed E-state index contributed by atoms with van der Waals surface area (Å²) in [6.07, 6.45) is 1.23. The van der Waals surface area contributed by atoms with Gasteiger partial charge >= 0.3 is 0 Å². The Balaban J connectivity index is 2.14. The van der Waals surface area contributed by atoms with E-state index >= 15 is 0 Å². The van der Waals surface area contributed by atoms with Gasteiger partial charge in [0.05, 0.1) is 5.69 Å². The second-order valence-corrected chi connectivity index (χ2v) is 6.58. The molecule has 1 aliphatic rings. The molecule has 1 saturated heterocycles. The van der Waals surface area contributed by atoms with Crippen molar-refractivity contribution >= 4 is 21.6 Å². The van der Waals surface area contributed by atoms with Crippen molar-refractivity contribution in [2.75, 3.05) is 38.1 Å². The minimum atomic E-state index is 0.554. The second-order valence-electron chi connectivity index (χ2n) is 5.72. The maximum absolute atomic E-state index is 3.76. The molecule has 20 heavy (non-hydrogen) atoms.